The van der Waals surface area contributed by atoms with Gasteiger partial charge >= 0.3 is 5.97 Å². The van der Waals surface area contributed by atoms with Gasteiger partial charge in [-0.25, -0.2) is 0 Å². The van der Waals surface area contributed by atoms with Crippen LogP contribution >= 0.6 is 0 Å². The molecule has 1 rings (SSSR count). The van der Waals surface area contributed by atoms with Crippen LogP contribution in [0.25, 0.3) is 0 Å². The number of allylic oxidation sites excluding steroid dienone is 5. The van der Waals surface area contributed by atoms with E-state index >= 15 is 0 Å². The smallest absolute Gasteiger partial charge is 0.305 e. The normalized spacial score (nSPS) is 19.7. The fraction of sp³-hybridized carbons (Fsp3) is 0.860. The van der Waals surface area contributed by atoms with Crippen molar-refractivity contribution in [1.82, 2.24) is 5.32 Å². The second-order valence-corrected chi connectivity index (χ2v) is 19.6. The van der Waals surface area contributed by atoms with Crippen LogP contribution in [0.1, 0.15) is 251 Å². The Hall–Kier alpha value is -2.12. The van der Waals surface area contributed by atoms with Crippen LogP contribution in [0.4, 0.5) is 0 Å². The first-order chi connectivity index (χ1) is 33.2. The van der Waals surface area contributed by atoms with Crippen LogP contribution in [0, 0.1) is 0 Å². The Kier molecular flexibility index (Phi) is 44.4. The van der Waals surface area contributed by atoms with Crippen molar-refractivity contribution in [2.75, 3.05) is 19.8 Å². The Morgan fingerprint density at radius 1 is 0.559 bits per heavy atom. The minimum atomic E-state index is -1.58. The second kappa shape index (κ2) is 47.2. The Labute approximate surface area is 415 Å². The molecule has 68 heavy (non-hydrogen) atoms. The van der Waals surface area contributed by atoms with Crippen molar-refractivity contribution in [1.29, 1.82) is 0 Å². The molecule has 1 amide bonds. The molecular weight excluding hydrogens is 859 g/mol. The molecule has 1 aliphatic rings. The average molecular weight is 964 g/mol. The van der Waals surface area contributed by atoms with Gasteiger partial charge < -0.3 is 45.1 Å². The molecular formula is C57H105NO10. The molecule has 398 valence electrons. The lowest BCUT2D eigenvalue weighted by Gasteiger charge is -2.40. The molecule has 1 aliphatic heterocycles. The topological polar surface area (TPSA) is 175 Å². The molecule has 11 heteroatoms. The molecule has 11 nitrogen and oxygen atoms in total. The summed E-state index contributed by atoms with van der Waals surface area (Å²) in [6.07, 6.45) is 46.9. The van der Waals surface area contributed by atoms with Gasteiger partial charge in [0.25, 0.3) is 0 Å². The van der Waals surface area contributed by atoms with Crippen molar-refractivity contribution >= 4 is 11.9 Å². The maximum atomic E-state index is 13.0. The first kappa shape index (κ1) is 63.9. The molecule has 0 spiro atoms. The maximum Gasteiger partial charge on any atom is 0.305 e. The fourth-order valence-corrected chi connectivity index (χ4v) is 8.83. The van der Waals surface area contributed by atoms with Crippen molar-refractivity contribution < 1.29 is 49.3 Å². The zero-order valence-electron chi connectivity index (χ0n) is 43.6. The summed E-state index contributed by atoms with van der Waals surface area (Å²) in [5, 5.41) is 54.1. The van der Waals surface area contributed by atoms with Crippen molar-refractivity contribution in [2.45, 2.75) is 294 Å². The van der Waals surface area contributed by atoms with Gasteiger partial charge in [0, 0.05) is 12.8 Å². The molecule has 0 bridgehead atoms. The average Bonchev–Trinajstić information content (AvgIpc) is 3.33. The number of amides is 1. The number of rotatable bonds is 48. The maximum absolute atomic E-state index is 13.0. The minimum absolute atomic E-state index is 0.0211. The highest BCUT2D eigenvalue weighted by atomic mass is 16.7. The molecule has 0 saturated carbocycles. The van der Waals surface area contributed by atoms with Crippen LogP contribution in [0.3, 0.4) is 0 Å². The highest BCUT2D eigenvalue weighted by molar-refractivity contribution is 5.76. The number of carbonyl (C=O) groups excluding carboxylic acids is 2. The highest BCUT2D eigenvalue weighted by Crippen LogP contribution is 2.23. The van der Waals surface area contributed by atoms with Crippen LogP contribution in [0.5, 0.6) is 0 Å². The van der Waals surface area contributed by atoms with Gasteiger partial charge in [-0.1, -0.05) is 223 Å². The molecule has 1 heterocycles. The number of esters is 1. The van der Waals surface area contributed by atoms with E-state index in [-0.39, 0.29) is 18.5 Å². The van der Waals surface area contributed by atoms with Crippen molar-refractivity contribution in [3.05, 3.63) is 36.5 Å². The summed E-state index contributed by atoms with van der Waals surface area (Å²) in [5.41, 5.74) is 0. The van der Waals surface area contributed by atoms with Gasteiger partial charge in [-0.15, -0.1) is 0 Å². The number of carbonyl (C=O) groups is 2. The van der Waals surface area contributed by atoms with Crippen LogP contribution in [0.15, 0.2) is 36.5 Å². The van der Waals surface area contributed by atoms with E-state index in [4.69, 9.17) is 14.2 Å². The van der Waals surface area contributed by atoms with E-state index in [0.717, 1.165) is 70.6 Å². The summed E-state index contributed by atoms with van der Waals surface area (Å²) < 4.78 is 16.6. The van der Waals surface area contributed by atoms with Gasteiger partial charge in [0.2, 0.25) is 5.91 Å². The van der Waals surface area contributed by atoms with E-state index < -0.39 is 49.5 Å². The molecule has 6 N–H and O–H groups in total. The standard InChI is InChI=1S/C57H105NO10/c1-3-5-7-9-11-13-14-15-16-17-18-22-25-29-33-37-41-45-53(62)66-46-42-38-34-30-26-23-20-19-21-24-28-32-36-40-44-52(61)58-49(50(60)43-39-35-31-27-12-10-8-6-4-2)48-67-57-56(65)55(64)54(63)51(47-59)68-57/h4,6,12,27,39,43,49-51,54-57,59-60,63-65H,3,5,7-11,13-26,28-38,40-42,44-48H2,1-2H3,(H,58,61)/b6-4+,27-12+,43-39+. The third-order valence-electron chi connectivity index (χ3n) is 13.3. The first-order valence-corrected chi connectivity index (χ1v) is 28.2. The largest absolute Gasteiger partial charge is 0.466 e. The van der Waals surface area contributed by atoms with E-state index in [1.807, 2.05) is 19.1 Å². The van der Waals surface area contributed by atoms with E-state index in [0.29, 0.717) is 25.9 Å². The molecule has 0 aliphatic carbocycles. The predicted octanol–water partition coefficient (Wildman–Crippen LogP) is 12.3. The van der Waals surface area contributed by atoms with Crippen LogP contribution in [0.2, 0.25) is 0 Å². The van der Waals surface area contributed by atoms with Gasteiger partial charge in [-0.2, -0.15) is 0 Å². The van der Waals surface area contributed by atoms with E-state index in [1.165, 1.54) is 148 Å². The van der Waals surface area contributed by atoms with E-state index in [1.54, 1.807) is 6.08 Å². The lowest BCUT2D eigenvalue weighted by molar-refractivity contribution is -0.302. The Bertz CT molecular complexity index is 1230. The summed E-state index contributed by atoms with van der Waals surface area (Å²) in [5.74, 6) is -0.231. The highest BCUT2D eigenvalue weighted by Gasteiger charge is 2.44. The molecule has 0 aromatic rings. The van der Waals surface area contributed by atoms with Gasteiger partial charge in [-0.05, 0) is 51.9 Å². The second-order valence-electron chi connectivity index (χ2n) is 19.6. The molecule has 0 radical (unpaired) electrons. The monoisotopic (exact) mass is 964 g/mol. The van der Waals surface area contributed by atoms with E-state index in [9.17, 15) is 35.1 Å². The molecule has 0 aromatic carbocycles. The van der Waals surface area contributed by atoms with Crippen LogP contribution in [-0.2, 0) is 23.8 Å². The van der Waals surface area contributed by atoms with E-state index in [2.05, 4.69) is 30.5 Å². The number of aliphatic hydroxyl groups is 5. The third-order valence-corrected chi connectivity index (χ3v) is 13.3. The van der Waals surface area contributed by atoms with Crippen molar-refractivity contribution in [3.8, 4) is 0 Å². The number of hydrogen-bond donors (Lipinski definition) is 6. The lowest BCUT2D eigenvalue weighted by atomic mass is 9.99. The molecule has 7 atom stereocenters. The zero-order chi connectivity index (χ0) is 49.6. The summed E-state index contributed by atoms with van der Waals surface area (Å²) in [6.45, 7) is 4.05. The number of ether oxygens (including phenoxy) is 3. The Morgan fingerprint density at radius 2 is 0.985 bits per heavy atom. The van der Waals surface area contributed by atoms with Gasteiger partial charge in [0.15, 0.2) is 6.29 Å². The quantitative estimate of drug-likeness (QED) is 0.0196. The SMILES string of the molecule is C/C=C/CC/C=C/CC/C=C/C(O)C(COC1OC(CO)C(O)C(O)C1O)NC(=O)CCCCCCCCCCCCCCCCOC(=O)CCCCCCCCCCCCCCCCCCC. The van der Waals surface area contributed by atoms with Crippen molar-refractivity contribution in [2.24, 2.45) is 0 Å². The van der Waals surface area contributed by atoms with Gasteiger partial charge in [0.05, 0.1) is 32.0 Å². The molecule has 1 saturated heterocycles. The summed E-state index contributed by atoms with van der Waals surface area (Å²) in [4.78, 5) is 25.1. The Balaban J connectivity index is 2.05. The van der Waals surface area contributed by atoms with Crippen LogP contribution < -0.4 is 5.32 Å². The minimum Gasteiger partial charge on any atom is -0.466 e. The summed E-state index contributed by atoms with van der Waals surface area (Å²) in [7, 11) is 0. The lowest BCUT2D eigenvalue weighted by Crippen LogP contribution is -2.60. The molecule has 0 aromatic heterocycles. The predicted molar refractivity (Wildman–Crippen MR) is 278 cm³/mol. The number of aliphatic hydroxyl groups excluding tert-OH is 5. The van der Waals surface area contributed by atoms with Crippen LogP contribution in [-0.4, -0.2) is 100 Å². The first-order valence-electron chi connectivity index (χ1n) is 28.2. The van der Waals surface area contributed by atoms with Gasteiger partial charge in [0.1, 0.15) is 24.4 Å². The Morgan fingerprint density at radius 3 is 1.46 bits per heavy atom. The number of unbranched alkanes of at least 4 members (excludes halogenated alkanes) is 31. The van der Waals surface area contributed by atoms with Crippen molar-refractivity contribution in [3.63, 3.8) is 0 Å². The molecule has 7 unspecified atom stereocenters. The summed E-state index contributed by atoms with van der Waals surface area (Å²) in [6, 6.07) is -0.841. The van der Waals surface area contributed by atoms with Gasteiger partial charge in [-0.3, -0.25) is 9.59 Å². The molecule has 1 fully saturated rings. The fourth-order valence-electron chi connectivity index (χ4n) is 8.83. The third kappa shape index (κ3) is 36.8. The summed E-state index contributed by atoms with van der Waals surface area (Å²) >= 11 is 0. The zero-order valence-corrected chi connectivity index (χ0v) is 43.6. The number of nitrogens with one attached hydrogen (secondary N) is 1. The number of hydrogen-bond acceptors (Lipinski definition) is 10.